The maximum atomic E-state index is 14.2. The van der Waals surface area contributed by atoms with Crippen LogP contribution in [0.1, 0.15) is 81.2 Å². The Morgan fingerprint density at radius 2 is 1.81 bits per heavy atom. The molecule has 1 amide bonds. The summed E-state index contributed by atoms with van der Waals surface area (Å²) in [5.41, 5.74) is 0.549. The Kier molecular flexibility index (Phi) is 9.81. The summed E-state index contributed by atoms with van der Waals surface area (Å²) < 4.78 is 58.6. The molecule has 1 unspecified atom stereocenters. The number of halogens is 3. The standard InChI is InChI=1S/C33H42F3NO6/c1-19-11-7-8-12-22(19)27-29(43-18-20(2)23-17-21(33(34,35)36)14-15-24(23)41-6)26(32(3,4)5)28(31(39)40)37(27)30(38)25-13-9-10-16-42-25/h7-8,11-12,14-15,17,20,25-29H,9-10,13,16,18H2,1-6H3,(H,39,40)/t20?,25-,26+,27-,28-,29-/m0/s1. The van der Waals surface area contributed by atoms with Crippen LogP contribution in [0.4, 0.5) is 13.2 Å². The van der Waals surface area contributed by atoms with E-state index in [0.717, 1.165) is 36.1 Å². The number of aliphatic carboxylic acids is 1. The zero-order valence-corrected chi connectivity index (χ0v) is 25.6. The second-order valence-electron chi connectivity index (χ2n) is 12.7. The lowest BCUT2D eigenvalue weighted by atomic mass is 9.73. The van der Waals surface area contributed by atoms with Crippen LogP contribution < -0.4 is 4.74 Å². The van der Waals surface area contributed by atoms with E-state index in [0.29, 0.717) is 24.3 Å². The Balaban J connectivity index is 1.79. The number of hydrogen-bond acceptors (Lipinski definition) is 5. The molecule has 0 bridgehead atoms. The predicted molar refractivity (Wildman–Crippen MR) is 155 cm³/mol. The molecular weight excluding hydrogens is 563 g/mol. The third-order valence-electron chi connectivity index (χ3n) is 8.70. The quantitative estimate of drug-likeness (QED) is 0.357. The van der Waals surface area contributed by atoms with Crippen molar-refractivity contribution >= 4 is 11.9 Å². The van der Waals surface area contributed by atoms with Crippen molar-refractivity contribution in [3.63, 3.8) is 0 Å². The van der Waals surface area contributed by atoms with Gasteiger partial charge in [-0.25, -0.2) is 4.79 Å². The Morgan fingerprint density at radius 3 is 2.37 bits per heavy atom. The average molecular weight is 606 g/mol. The van der Waals surface area contributed by atoms with Crippen molar-refractivity contribution in [2.75, 3.05) is 20.3 Å². The minimum Gasteiger partial charge on any atom is -0.496 e. The number of hydrogen-bond donors (Lipinski definition) is 1. The highest BCUT2D eigenvalue weighted by atomic mass is 19.4. The fourth-order valence-corrected chi connectivity index (χ4v) is 6.58. The Labute approximate surface area is 251 Å². The van der Waals surface area contributed by atoms with Gasteiger partial charge in [0.2, 0.25) is 0 Å². The van der Waals surface area contributed by atoms with Gasteiger partial charge in [0, 0.05) is 18.4 Å². The molecule has 43 heavy (non-hydrogen) atoms. The van der Waals surface area contributed by atoms with E-state index in [2.05, 4.69) is 0 Å². The number of amides is 1. The highest BCUT2D eigenvalue weighted by Gasteiger charge is 2.59. The van der Waals surface area contributed by atoms with Gasteiger partial charge in [0.15, 0.2) is 0 Å². The predicted octanol–water partition coefficient (Wildman–Crippen LogP) is 6.78. The molecule has 10 heteroatoms. The van der Waals surface area contributed by atoms with E-state index in [9.17, 15) is 27.9 Å². The van der Waals surface area contributed by atoms with Crippen LogP contribution in [0, 0.1) is 18.3 Å². The molecule has 2 fully saturated rings. The van der Waals surface area contributed by atoms with E-state index in [1.54, 1.807) is 6.92 Å². The molecule has 2 saturated heterocycles. The van der Waals surface area contributed by atoms with E-state index in [1.807, 2.05) is 52.0 Å². The lowest BCUT2D eigenvalue weighted by molar-refractivity contribution is -0.159. The number of carbonyl (C=O) groups excluding carboxylic acids is 1. The monoisotopic (exact) mass is 605 g/mol. The van der Waals surface area contributed by atoms with Crippen molar-refractivity contribution in [2.24, 2.45) is 11.3 Å². The molecule has 4 rings (SSSR count). The number of likely N-dealkylation sites (tertiary alicyclic amines) is 1. The summed E-state index contributed by atoms with van der Waals surface area (Å²) in [6.45, 7) is 9.81. The average Bonchev–Trinajstić information content (AvgIpc) is 3.31. The van der Waals surface area contributed by atoms with Gasteiger partial charge >= 0.3 is 12.1 Å². The molecule has 2 aliphatic heterocycles. The fourth-order valence-electron chi connectivity index (χ4n) is 6.58. The number of nitrogens with zero attached hydrogens (tertiary/aromatic N) is 1. The van der Waals surface area contributed by atoms with Crippen LogP contribution in [0.3, 0.4) is 0 Å². The first-order valence-electron chi connectivity index (χ1n) is 14.8. The lowest BCUT2D eigenvalue weighted by Gasteiger charge is -2.35. The second kappa shape index (κ2) is 12.9. The highest BCUT2D eigenvalue weighted by molar-refractivity contribution is 5.88. The minimum atomic E-state index is -4.53. The van der Waals surface area contributed by atoms with Crippen LogP contribution in [0.25, 0.3) is 0 Å². The van der Waals surface area contributed by atoms with Gasteiger partial charge in [-0.3, -0.25) is 4.79 Å². The molecule has 0 radical (unpaired) electrons. The van der Waals surface area contributed by atoms with Crippen LogP contribution in [0.15, 0.2) is 42.5 Å². The van der Waals surface area contributed by atoms with Gasteiger partial charge in [-0.1, -0.05) is 52.0 Å². The van der Waals surface area contributed by atoms with E-state index in [1.165, 1.54) is 18.1 Å². The molecule has 7 nitrogen and oxygen atoms in total. The number of methoxy groups -OCH3 is 1. The molecule has 2 aliphatic rings. The van der Waals surface area contributed by atoms with Gasteiger partial charge in [0.05, 0.1) is 31.4 Å². The Morgan fingerprint density at radius 1 is 1.12 bits per heavy atom. The molecule has 1 N–H and O–H groups in total. The van der Waals surface area contributed by atoms with E-state index in [-0.39, 0.29) is 12.5 Å². The first kappa shape index (κ1) is 32.8. The molecular formula is C33H42F3NO6. The lowest BCUT2D eigenvalue weighted by Crippen LogP contribution is -2.51. The largest absolute Gasteiger partial charge is 0.496 e. The third-order valence-corrected chi connectivity index (χ3v) is 8.70. The number of carboxylic acid groups (broad SMARTS) is 1. The summed E-state index contributed by atoms with van der Waals surface area (Å²) in [6.07, 6.45) is -3.92. The van der Waals surface area contributed by atoms with Gasteiger partial charge in [-0.2, -0.15) is 13.2 Å². The molecule has 2 heterocycles. The SMILES string of the molecule is COc1ccc(C(F)(F)F)cc1C(C)CO[C@H]1[C@H](C(C)(C)C)[C@@H](C(=O)O)N(C(=O)[C@@H]2CCCCO2)[C@H]1c1ccccc1C. The Hall–Kier alpha value is -3.11. The number of benzene rings is 2. The van der Waals surface area contributed by atoms with E-state index >= 15 is 0 Å². The summed E-state index contributed by atoms with van der Waals surface area (Å²) in [6, 6.07) is 8.88. The summed E-state index contributed by atoms with van der Waals surface area (Å²) in [4.78, 5) is 28.6. The zero-order valence-electron chi connectivity index (χ0n) is 25.6. The third kappa shape index (κ3) is 6.85. The van der Waals surface area contributed by atoms with Crippen molar-refractivity contribution in [3.05, 3.63) is 64.7 Å². The number of alkyl halides is 3. The molecule has 0 aliphatic carbocycles. The summed E-state index contributed by atoms with van der Waals surface area (Å²) in [5, 5.41) is 10.6. The maximum Gasteiger partial charge on any atom is 0.416 e. The van der Waals surface area contributed by atoms with E-state index < -0.39 is 59.3 Å². The van der Waals surface area contributed by atoms with Crippen LogP contribution in [0.2, 0.25) is 0 Å². The highest BCUT2D eigenvalue weighted by Crippen LogP contribution is 2.51. The van der Waals surface area contributed by atoms with Gasteiger partial charge in [0.1, 0.15) is 17.9 Å². The van der Waals surface area contributed by atoms with Crippen LogP contribution in [-0.2, 0) is 25.2 Å². The van der Waals surface area contributed by atoms with Gasteiger partial charge in [-0.05, 0) is 66.5 Å². The number of rotatable bonds is 8. The van der Waals surface area contributed by atoms with Crippen LogP contribution in [0.5, 0.6) is 5.75 Å². The zero-order chi connectivity index (χ0) is 31.7. The number of aryl methyl sites for hydroxylation is 1. The molecule has 2 aromatic carbocycles. The maximum absolute atomic E-state index is 14.2. The molecule has 6 atom stereocenters. The van der Waals surface area contributed by atoms with Crippen molar-refractivity contribution in [1.82, 2.24) is 4.90 Å². The molecule has 0 aromatic heterocycles. The van der Waals surface area contributed by atoms with Gasteiger partial charge in [-0.15, -0.1) is 0 Å². The van der Waals surface area contributed by atoms with Gasteiger partial charge in [0.25, 0.3) is 5.91 Å². The summed E-state index contributed by atoms with van der Waals surface area (Å²) in [5.74, 6) is -2.40. The van der Waals surface area contributed by atoms with Crippen LogP contribution >= 0.6 is 0 Å². The smallest absolute Gasteiger partial charge is 0.416 e. The second-order valence-corrected chi connectivity index (χ2v) is 12.7. The minimum absolute atomic E-state index is 0.0222. The van der Waals surface area contributed by atoms with Crippen molar-refractivity contribution in [3.8, 4) is 5.75 Å². The first-order chi connectivity index (χ1) is 20.2. The number of carbonyl (C=O) groups is 2. The molecule has 0 spiro atoms. The van der Waals surface area contributed by atoms with Crippen molar-refractivity contribution in [2.45, 2.75) is 90.3 Å². The van der Waals surface area contributed by atoms with E-state index in [4.69, 9.17) is 14.2 Å². The Bertz CT molecular complexity index is 1300. The molecule has 236 valence electrons. The number of carboxylic acids is 1. The van der Waals surface area contributed by atoms with Crippen molar-refractivity contribution < 1.29 is 42.1 Å². The molecule has 0 saturated carbocycles. The topological polar surface area (TPSA) is 85.3 Å². The number of ether oxygens (including phenoxy) is 3. The summed E-state index contributed by atoms with van der Waals surface area (Å²) in [7, 11) is 1.40. The normalized spacial score (nSPS) is 25.4. The summed E-state index contributed by atoms with van der Waals surface area (Å²) >= 11 is 0. The van der Waals surface area contributed by atoms with Gasteiger partial charge < -0.3 is 24.2 Å². The van der Waals surface area contributed by atoms with Crippen molar-refractivity contribution in [1.29, 1.82) is 0 Å². The fraction of sp³-hybridized carbons (Fsp3) is 0.576. The first-order valence-corrected chi connectivity index (χ1v) is 14.8. The molecule has 2 aromatic rings. The van der Waals surface area contributed by atoms with Crippen LogP contribution in [-0.4, -0.2) is 60.5 Å².